The van der Waals surface area contributed by atoms with E-state index < -0.39 is 0 Å². The van der Waals surface area contributed by atoms with E-state index in [2.05, 4.69) is 18.2 Å². The van der Waals surface area contributed by atoms with E-state index in [1.807, 2.05) is 68.8 Å². The molecule has 5 rings (SSSR count). The number of aryl methyl sites for hydroxylation is 4. The maximum absolute atomic E-state index is 14.0. The second-order valence-electron chi connectivity index (χ2n) is 8.92. The lowest BCUT2D eigenvalue weighted by atomic mass is 10.1. The SMILES string of the molecule is COc1ccc2c(c1)c1c(c(=O)n(-c3cccc(C)c3)c(=O)n1Cc1cc(C)ccc1C)n2C. The predicted octanol–water partition coefficient (Wildman–Crippen LogP) is 4.63. The maximum Gasteiger partial charge on any atom is 0.336 e. The summed E-state index contributed by atoms with van der Waals surface area (Å²) >= 11 is 0. The van der Waals surface area contributed by atoms with Gasteiger partial charge in [-0.2, -0.15) is 0 Å². The molecule has 0 radical (unpaired) electrons. The molecule has 0 saturated heterocycles. The van der Waals surface area contributed by atoms with Crippen molar-refractivity contribution >= 4 is 21.9 Å². The van der Waals surface area contributed by atoms with E-state index >= 15 is 0 Å². The molecule has 0 fully saturated rings. The molecule has 34 heavy (non-hydrogen) atoms. The second kappa shape index (κ2) is 8.06. The number of fused-ring (bicyclic) bond motifs is 3. The van der Waals surface area contributed by atoms with Gasteiger partial charge >= 0.3 is 5.69 Å². The molecule has 0 amide bonds. The van der Waals surface area contributed by atoms with Gasteiger partial charge in [-0.15, -0.1) is 0 Å². The highest BCUT2D eigenvalue weighted by atomic mass is 16.5. The van der Waals surface area contributed by atoms with Gasteiger partial charge in [0, 0.05) is 12.4 Å². The van der Waals surface area contributed by atoms with Crippen molar-refractivity contribution in [1.29, 1.82) is 0 Å². The summed E-state index contributed by atoms with van der Waals surface area (Å²) in [4.78, 5) is 27.8. The molecule has 0 aliphatic carbocycles. The van der Waals surface area contributed by atoms with Crippen LogP contribution in [0.15, 0.2) is 70.3 Å². The van der Waals surface area contributed by atoms with Crippen LogP contribution in [0.1, 0.15) is 22.3 Å². The summed E-state index contributed by atoms with van der Waals surface area (Å²) in [5, 5.41) is 0.813. The third-order valence-corrected chi connectivity index (χ3v) is 6.57. The fraction of sp³-hybridized carbons (Fsp3) is 0.214. The quantitative estimate of drug-likeness (QED) is 0.399. The van der Waals surface area contributed by atoms with Gasteiger partial charge in [0.1, 0.15) is 11.3 Å². The largest absolute Gasteiger partial charge is 0.497 e. The number of ether oxygens (including phenoxy) is 1. The van der Waals surface area contributed by atoms with Crippen LogP contribution < -0.4 is 16.0 Å². The molecule has 2 heterocycles. The number of rotatable bonds is 4. The minimum Gasteiger partial charge on any atom is -0.497 e. The standard InChI is InChI=1S/C28H27N3O3/c1-17-7-6-8-21(14-17)31-27(32)26-25(23-15-22(34-5)11-12-24(23)29(26)4)30(28(31)33)16-20-13-18(2)9-10-19(20)3/h6-15H,16H2,1-5H3. The summed E-state index contributed by atoms with van der Waals surface area (Å²) in [5.74, 6) is 0.675. The molecule has 5 aromatic rings. The number of benzene rings is 3. The summed E-state index contributed by atoms with van der Waals surface area (Å²) in [6.07, 6.45) is 0. The Labute approximate surface area is 197 Å². The third-order valence-electron chi connectivity index (χ3n) is 6.57. The van der Waals surface area contributed by atoms with Crippen molar-refractivity contribution in [2.45, 2.75) is 27.3 Å². The van der Waals surface area contributed by atoms with Crippen LogP contribution in [0.3, 0.4) is 0 Å². The monoisotopic (exact) mass is 453 g/mol. The Morgan fingerprint density at radius 3 is 2.35 bits per heavy atom. The van der Waals surface area contributed by atoms with E-state index in [-0.39, 0.29) is 11.2 Å². The van der Waals surface area contributed by atoms with Gasteiger partial charge < -0.3 is 9.30 Å². The molecular weight excluding hydrogens is 426 g/mol. The van der Waals surface area contributed by atoms with Crippen LogP contribution in [0.5, 0.6) is 5.75 Å². The maximum atomic E-state index is 14.0. The third kappa shape index (κ3) is 3.34. The fourth-order valence-electron chi connectivity index (χ4n) is 4.74. The number of nitrogens with zero attached hydrogens (tertiary/aromatic N) is 3. The van der Waals surface area contributed by atoms with Gasteiger partial charge in [0.25, 0.3) is 5.56 Å². The first-order valence-corrected chi connectivity index (χ1v) is 11.3. The summed E-state index contributed by atoms with van der Waals surface area (Å²) in [6, 6.07) is 19.4. The summed E-state index contributed by atoms with van der Waals surface area (Å²) in [6.45, 7) is 6.38. The molecule has 2 aromatic heterocycles. The lowest BCUT2D eigenvalue weighted by Gasteiger charge is -2.15. The Morgan fingerprint density at radius 1 is 0.853 bits per heavy atom. The molecule has 0 unspecified atom stereocenters. The van der Waals surface area contributed by atoms with Crippen molar-refractivity contribution in [2.75, 3.05) is 7.11 Å². The number of hydrogen-bond donors (Lipinski definition) is 0. The zero-order chi connectivity index (χ0) is 24.1. The first-order chi connectivity index (χ1) is 16.3. The smallest absolute Gasteiger partial charge is 0.336 e. The van der Waals surface area contributed by atoms with Gasteiger partial charge in [-0.25, -0.2) is 9.36 Å². The van der Waals surface area contributed by atoms with Crippen LogP contribution in [0, 0.1) is 20.8 Å². The van der Waals surface area contributed by atoms with E-state index in [9.17, 15) is 9.59 Å². The van der Waals surface area contributed by atoms with Gasteiger partial charge in [-0.3, -0.25) is 9.36 Å². The molecule has 0 atom stereocenters. The lowest BCUT2D eigenvalue weighted by Crippen LogP contribution is -2.39. The van der Waals surface area contributed by atoms with Gasteiger partial charge in [-0.1, -0.05) is 35.9 Å². The van der Waals surface area contributed by atoms with Crippen LogP contribution in [-0.2, 0) is 13.6 Å². The topological polar surface area (TPSA) is 58.2 Å². The number of hydrogen-bond acceptors (Lipinski definition) is 3. The molecule has 0 bridgehead atoms. The van der Waals surface area contributed by atoms with Crippen molar-refractivity contribution in [3.05, 3.63) is 104 Å². The highest BCUT2D eigenvalue weighted by Crippen LogP contribution is 2.30. The van der Waals surface area contributed by atoms with Gasteiger partial charge in [-0.05, 0) is 67.8 Å². The molecule has 172 valence electrons. The Balaban J connectivity index is 1.96. The summed E-state index contributed by atoms with van der Waals surface area (Å²) in [7, 11) is 3.48. The molecular formula is C28H27N3O3. The molecule has 0 spiro atoms. The van der Waals surface area contributed by atoms with Crippen molar-refractivity contribution in [1.82, 2.24) is 13.7 Å². The van der Waals surface area contributed by atoms with Crippen LogP contribution in [0.4, 0.5) is 0 Å². The molecule has 0 N–H and O–H groups in total. The normalized spacial score (nSPS) is 11.4. The number of aromatic nitrogens is 3. The lowest BCUT2D eigenvalue weighted by molar-refractivity contribution is 0.415. The zero-order valence-electron chi connectivity index (χ0n) is 20.0. The minimum atomic E-state index is -0.362. The highest BCUT2D eigenvalue weighted by Gasteiger charge is 2.22. The summed E-state index contributed by atoms with van der Waals surface area (Å²) < 4.78 is 10.3. The van der Waals surface area contributed by atoms with Crippen LogP contribution in [0.25, 0.3) is 27.6 Å². The van der Waals surface area contributed by atoms with E-state index in [0.29, 0.717) is 29.0 Å². The highest BCUT2D eigenvalue weighted by molar-refractivity contribution is 6.06. The Kier molecular flexibility index (Phi) is 5.16. The van der Waals surface area contributed by atoms with Crippen molar-refractivity contribution in [3.63, 3.8) is 0 Å². The van der Waals surface area contributed by atoms with Crippen molar-refractivity contribution in [2.24, 2.45) is 7.05 Å². The van der Waals surface area contributed by atoms with Gasteiger partial charge in [0.05, 0.1) is 30.4 Å². The zero-order valence-corrected chi connectivity index (χ0v) is 20.0. The number of methoxy groups -OCH3 is 1. The van der Waals surface area contributed by atoms with Gasteiger partial charge in [0.15, 0.2) is 0 Å². The summed E-state index contributed by atoms with van der Waals surface area (Å²) in [5.41, 5.74) is 6.07. The second-order valence-corrected chi connectivity index (χ2v) is 8.92. The Morgan fingerprint density at radius 2 is 1.62 bits per heavy atom. The molecule has 0 aliphatic heterocycles. The minimum absolute atomic E-state index is 0.333. The first kappa shape index (κ1) is 21.8. The molecule has 0 saturated carbocycles. The molecule has 6 heteroatoms. The van der Waals surface area contributed by atoms with Gasteiger partial charge in [0.2, 0.25) is 0 Å². The van der Waals surface area contributed by atoms with Crippen LogP contribution in [-0.4, -0.2) is 20.8 Å². The molecule has 0 aliphatic rings. The van der Waals surface area contributed by atoms with Crippen molar-refractivity contribution < 1.29 is 4.74 Å². The van der Waals surface area contributed by atoms with E-state index in [4.69, 9.17) is 4.74 Å². The molecule has 6 nitrogen and oxygen atoms in total. The average Bonchev–Trinajstić information content (AvgIpc) is 3.11. The molecule has 3 aromatic carbocycles. The fourth-order valence-corrected chi connectivity index (χ4v) is 4.74. The average molecular weight is 454 g/mol. The van der Waals surface area contributed by atoms with E-state index in [1.165, 1.54) is 4.57 Å². The van der Waals surface area contributed by atoms with E-state index in [0.717, 1.165) is 33.2 Å². The van der Waals surface area contributed by atoms with Crippen LogP contribution in [0.2, 0.25) is 0 Å². The Hall–Kier alpha value is -4.06. The van der Waals surface area contributed by atoms with E-state index in [1.54, 1.807) is 17.7 Å². The first-order valence-electron chi connectivity index (χ1n) is 11.3. The van der Waals surface area contributed by atoms with Crippen LogP contribution >= 0.6 is 0 Å². The van der Waals surface area contributed by atoms with Crippen molar-refractivity contribution in [3.8, 4) is 11.4 Å². The predicted molar refractivity (Wildman–Crippen MR) is 137 cm³/mol. The Bertz CT molecular complexity index is 1700.